The van der Waals surface area contributed by atoms with Gasteiger partial charge in [-0.25, -0.2) is 0 Å². The van der Waals surface area contributed by atoms with Gasteiger partial charge in [0.1, 0.15) is 17.7 Å². The molecular weight excluding hydrogens is 530 g/mol. The van der Waals surface area contributed by atoms with Gasteiger partial charge < -0.3 is 42.2 Å². The van der Waals surface area contributed by atoms with E-state index in [0.29, 0.717) is 35.1 Å². The van der Waals surface area contributed by atoms with Crippen molar-refractivity contribution in [2.45, 2.75) is 25.8 Å². The lowest BCUT2D eigenvalue weighted by Crippen LogP contribution is -3.00. The number of amides is 1. The first kappa shape index (κ1) is 28.7. The molecule has 208 valence electrons. The Bertz CT molecular complexity index is 1560. The van der Waals surface area contributed by atoms with E-state index in [-0.39, 0.29) is 18.3 Å². The molecule has 0 spiro atoms. The number of halogens is 1. The van der Waals surface area contributed by atoms with E-state index in [1.165, 1.54) is 16.7 Å². The van der Waals surface area contributed by atoms with E-state index in [1.54, 1.807) is 27.6 Å². The third-order valence-corrected chi connectivity index (χ3v) is 6.99. The number of hydrogen-bond acceptors (Lipinski definition) is 6. The second-order valence-corrected chi connectivity index (χ2v) is 9.59. The Morgan fingerprint density at radius 1 is 1.02 bits per heavy atom. The smallest absolute Gasteiger partial charge is 0.282 e. The summed E-state index contributed by atoms with van der Waals surface area (Å²) < 4.78 is 21.9. The quantitative estimate of drug-likeness (QED) is 0.323. The number of nitrogens with one attached hydrogen (secondary N) is 1. The van der Waals surface area contributed by atoms with Gasteiger partial charge in [-0.2, -0.15) is 0 Å². The van der Waals surface area contributed by atoms with Crippen LogP contribution in [0, 0.1) is 6.92 Å². The van der Waals surface area contributed by atoms with Crippen LogP contribution in [-0.4, -0.2) is 38.4 Å². The molecule has 0 saturated heterocycles. The highest BCUT2D eigenvalue weighted by Gasteiger charge is 2.24. The van der Waals surface area contributed by atoms with E-state index in [4.69, 9.17) is 18.7 Å². The molecule has 3 aromatic carbocycles. The van der Waals surface area contributed by atoms with Crippen molar-refractivity contribution in [2.24, 2.45) is 0 Å². The van der Waals surface area contributed by atoms with Crippen LogP contribution in [0.25, 0.3) is 28.5 Å². The third kappa shape index (κ3) is 5.68. The molecule has 40 heavy (non-hydrogen) atoms. The highest BCUT2D eigenvalue weighted by molar-refractivity contribution is 5.96. The lowest BCUT2D eigenvalue weighted by Gasteiger charge is -2.15. The molecule has 1 aliphatic rings. The van der Waals surface area contributed by atoms with Crippen LogP contribution in [0.2, 0.25) is 0 Å². The number of fused-ring (bicyclic) bond motifs is 1. The average molecular weight is 562 g/mol. The number of ether oxygens (including phenoxy) is 3. The van der Waals surface area contributed by atoms with Crippen molar-refractivity contribution in [3.63, 3.8) is 0 Å². The van der Waals surface area contributed by atoms with Gasteiger partial charge in [-0.15, -0.1) is 0 Å². The van der Waals surface area contributed by atoms with Gasteiger partial charge in [0.2, 0.25) is 0 Å². The standard InChI is InChI=1S/C31H31N3O5.ClH/c1-18-11-23(16-28(37-3)30(18)38-4)29-24(17-39-34-29)22-9-10-27(36-2)26(15-22)33-31(35)25(32)14-19-12-20-7-5-6-8-21(20)13-19;/h5-12,15-17,25H,13-14,32H2,1-4H3,(H,33,35);1H. The minimum Gasteiger partial charge on any atom is -1.00 e. The summed E-state index contributed by atoms with van der Waals surface area (Å²) in [6.07, 6.45) is 5.17. The van der Waals surface area contributed by atoms with Crippen molar-refractivity contribution in [1.82, 2.24) is 5.16 Å². The van der Waals surface area contributed by atoms with Crippen molar-refractivity contribution >= 4 is 17.7 Å². The van der Waals surface area contributed by atoms with E-state index >= 15 is 0 Å². The van der Waals surface area contributed by atoms with Gasteiger partial charge >= 0.3 is 0 Å². The van der Waals surface area contributed by atoms with Gasteiger partial charge in [0.25, 0.3) is 5.91 Å². The molecule has 0 aliphatic heterocycles. The third-order valence-electron chi connectivity index (χ3n) is 6.99. The molecule has 0 fully saturated rings. The molecule has 0 bridgehead atoms. The average Bonchev–Trinajstić information content (AvgIpc) is 3.59. The van der Waals surface area contributed by atoms with Crippen LogP contribution in [0.1, 0.15) is 23.1 Å². The summed E-state index contributed by atoms with van der Waals surface area (Å²) in [6, 6.07) is 17.2. The van der Waals surface area contributed by atoms with Gasteiger partial charge in [0, 0.05) is 17.5 Å². The first-order valence-electron chi connectivity index (χ1n) is 12.7. The fourth-order valence-electron chi connectivity index (χ4n) is 5.04. The Morgan fingerprint density at radius 3 is 2.52 bits per heavy atom. The van der Waals surface area contributed by atoms with Crippen LogP contribution in [-0.2, 0) is 11.2 Å². The molecule has 0 saturated carbocycles. The zero-order valence-electron chi connectivity index (χ0n) is 22.9. The number of benzene rings is 3. The minimum absolute atomic E-state index is 0. The van der Waals surface area contributed by atoms with Crippen LogP contribution in [0.5, 0.6) is 17.2 Å². The second-order valence-electron chi connectivity index (χ2n) is 9.59. The van der Waals surface area contributed by atoms with E-state index < -0.39 is 6.04 Å². The largest absolute Gasteiger partial charge is 1.00 e. The molecule has 4 aromatic rings. The first-order chi connectivity index (χ1) is 18.9. The highest BCUT2D eigenvalue weighted by atomic mass is 35.5. The van der Waals surface area contributed by atoms with E-state index in [9.17, 15) is 4.79 Å². The maximum Gasteiger partial charge on any atom is 0.282 e. The molecule has 1 aliphatic carbocycles. The Balaban J connectivity index is 0.00000370. The molecule has 5 rings (SSSR count). The molecule has 8 nitrogen and oxygen atoms in total. The number of rotatable bonds is 9. The predicted octanol–water partition coefficient (Wildman–Crippen LogP) is 1.93. The van der Waals surface area contributed by atoms with Crippen LogP contribution < -0.4 is 37.7 Å². The fraction of sp³-hybridized carbons (Fsp3) is 0.226. The normalized spacial score (nSPS) is 12.6. The minimum atomic E-state index is -0.459. The van der Waals surface area contributed by atoms with E-state index in [2.05, 4.69) is 34.4 Å². The monoisotopic (exact) mass is 561 g/mol. The van der Waals surface area contributed by atoms with Crippen LogP contribution >= 0.6 is 0 Å². The van der Waals surface area contributed by atoms with Crippen molar-refractivity contribution in [3.8, 4) is 39.6 Å². The zero-order chi connectivity index (χ0) is 27.5. The molecule has 0 radical (unpaired) electrons. The Morgan fingerprint density at radius 2 is 1.80 bits per heavy atom. The SMILES string of the molecule is COc1ccc(-c2conc2-c2cc(C)c(OC)c(OC)c2)cc1NC(=O)C([NH3+])CC1=Cc2ccccc2C1.[Cl-]. The summed E-state index contributed by atoms with van der Waals surface area (Å²) in [7, 11) is 4.78. The Labute approximate surface area is 239 Å². The van der Waals surface area contributed by atoms with Gasteiger partial charge in [-0.1, -0.05) is 47.1 Å². The first-order valence-corrected chi connectivity index (χ1v) is 12.7. The Kier molecular flexibility index (Phi) is 8.82. The number of nitrogens with zero attached hydrogens (tertiary/aromatic N) is 1. The number of carbonyl (C=O) groups excluding carboxylic acids is 1. The van der Waals surface area contributed by atoms with Gasteiger partial charge in [0.15, 0.2) is 17.5 Å². The number of hydrogen-bond donors (Lipinski definition) is 2. The molecule has 1 aromatic heterocycles. The van der Waals surface area contributed by atoms with E-state index in [1.807, 2.05) is 49.4 Å². The molecule has 1 unspecified atom stereocenters. The number of methoxy groups -OCH3 is 3. The number of anilines is 1. The summed E-state index contributed by atoms with van der Waals surface area (Å²) in [6.45, 7) is 1.95. The molecule has 1 heterocycles. The predicted molar refractivity (Wildman–Crippen MR) is 150 cm³/mol. The maximum absolute atomic E-state index is 13.2. The topological polar surface area (TPSA) is 110 Å². The summed E-state index contributed by atoms with van der Waals surface area (Å²) >= 11 is 0. The van der Waals surface area contributed by atoms with Crippen molar-refractivity contribution in [3.05, 3.63) is 83.1 Å². The molecule has 4 N–H and O–H groups in total. The number of aromatic nitrogens is 1. The van der Waals surface area contributed by atoms with E-state index in [0.717, 1.165) is 28.7 Å². The number of carbonyl (C=O) groups is 1. The molecule has 1 atom stereocenters. The van der Waals surface area contributed by atoms with Gasteiger partial charge in [-0.05, 0) is 59.9 Å². The highest BCUT2D eigenvalue weighted by Crippen LogP contribution is 2.40. The van der Waals surface area contributed by atoms with Crippen molar-refractivity contribution < 1.29 is 41.7 Å². The second kappa shape index (κ2) is 12.3. The fourth-order valence-corrected chi connectivity index (χ4v) is 5.04. The van der Waals surface area contributed by atoms with Crippen molar-refractivity contribution in [1.29, 1.82) is 0 Å². The van der Waals surface area contributed by atoms with Gasteiger partial charge in [0.05, 0.1) is 27.0 Å². The maximum atomic E-state index is 13.2. The van der Waals surface area contributed by atoms with Crippen LogP contribution in [0.4, 0.5) is 5.69 Å². The summed E-state index contributed by atoms with van der Waals surface area (Å²) in [5, 5.41) is 7.28. The molecular formula is C31H32ClN3O5. The molecule has 9 heteroatoms. The van der Waals surface area contributed by atoms with Crippen LogP contribution in [0.3, 0.4) is 0 Å². The number of quaternary nitrogens is 1. The summed E-state index contributed by atoms with van der Waals surface area (Å²) in [5.74, 6) is 1.64. The number of aryl methyl sites for hydroxylation is 1. The van der Waals surface area contributed by atoms with Crippen molar-refractivity contribution in [2.75, 3.05) is 26.6 Å². The Hall–Kier alpha value is -4.27. The summed E-state index contributed by atoms with van der Waals surface area (Å²) in [4.78, 5) is 13.2. The van der Waals surface area contributed by atoms with Crippen LogP contribution in [0.15, 0.2) is 71.0 Å². The summed E-state index contributed by atoms with van der Waals surface area (Å²) in [5.41, 5.74) is 12.3. The zero-order valence-corrected chi connectivity index (χ0v) is 23.7. The lowest BCUT2D eigenvalue weighted by molar-refractivity contribution is -0.401. The lowest BCUT2D eigenvalue weighted by atomic mass is 9.99. The molecule has 1 amide bonds. The van der Waals surface area contributed by atoms with Gasteiger partial charge in [-0.3, -0.25) is 4.79 Å².